The van der Waals surface area contributed by atoms with Crippen molar-refractivity contribution in [2.45, 2.75) is 6.92 Å². The first-order valence-corrected chi connectivity index (χ1v) is 8.69. The van der Waals surface area contributed by atoms with E-state index in [0.717, 1.165) is 33.7 Å². The summed E-state index contributed by atoms with van der Waals surface area (Å²) in [5.74, 6) is 1.55. The third-order valence-electron chi connectivity index (χ3n) is 4.25. The van der Waals surface area contributed by atoms with Gasteiger partial charge in [0, 0.05) is 34.0 Å². The number of nitriles is 1. The van der Waals surface area contributed by atoms with Gasteiger partial charge in [0.2, 0.25) is 5.95 Å². The van der Waals surface area contributed by atoms with Gasteiger partial charge in [-0.15, -0.1) is 0 Å². The highest BCUT2D eigenvalue weighted by Gasteiger charge is 2.09. The highest BCUT2D eigenvalue weighted by molar-refractivity contribution is 5.85. The van der Waals surface area contributed by atoms with Gasteiger partial charge in [-0.05, 0) is 43.3 Å². The second kappa shape index (κ2) is 7.29. The Morgan fingerprint density at radius 3 is 2.75 bits per heavy atom. The van der Waals surface area contributed by atoms with Gasteiger partial charge < -0.3 is 20.4 Å². The van der Waals surface area contributed by atoms with Crippen molar-refractivity contribution in [1.29, 1.82) is 5.26 Å². The van der Waals surface area contributed by atoms with E-state index in [4.69, 9.17) is 4.74 Å². The number of nitrogens with zero attached hydrogens (tertiary/aromatic N) is 3. The number of H-pyrrole nitrogens is 1. The van der Waals surface area contributed by atoms with Crippen molar-refractivity contribution in [2.75, 3.05) is 17.7 Å². The van der Waals surface area contributed by atoms with E-state index in [1.807, 2.05) is 49.4 Å². The number of methoxy groups -OCH3 is 1. The maximum Gasteiger partial charge on any atom is 0.229 e. The topological polar surface area (TPSA) is 98.6 Å². The molecule has 2 heterocycles. The Morgan fingerprint density at radius 2 is 1.93 bits per heavy atom. The number of rotatable bonds is 5. The van der Waals surface area contributed by atoms with Crippen molar-refractivity contribution in [3.05, 3.63) is 66.0 Å². The molecule has 7 heteroatoms. The second-order valence-electron chi connectivity index (χ2n) is 6.30. The molecule has 0 bridgehead atoms. The summed E-state index contributed by atoms with van der Waals surface area (Å²) in [4.78, 5) is 12.0. The fourth-order valence-electron chi connectivity index (χ4n) is 2.94. The maximum atomic E-state index is 9.41. The van der Waals surface area contributed by atoms with E-state index >= 15 is 0 Å². The molecule has 138 valence electrons. The largest absolute Gasteiger partial charge is 0.497 e. The summed E-state index contributed by atoms with van der Waals surface area (Å²) in [5, 5.41) is 16.9. The fourth-order valence-corrected chi connectivity index (χ4v) is 2.94. The van der Waals surface area contributed by atoms with Gasteiger partial charge in [0.25, 0.3) is 0 Å². The van der Waals surface area contributed by atoms with Gasteiger partial charge in [0.05, 0.1) is 13.3 Å². The van der Waals surface area contributed by atoms with Gasteiger partial charge in [-0.25, -0.2) is 4.98 Å². The zero-order valence-electron chi connectivity index (χ0n) is 15.4. The lowest BCUT2D eigenvalue weighted by Crippen LogP contribution is -2.03. The summed E-state index contributed by atoms with van der Waals surface area (Å²) in [5.41, 5.74) is 4.15. The highest BCUT2D eigenvalue weighted by atomic mass is 16.5. The molecular weight excluding hydrogens is 352 g/mol. The molecule has 0 saturated carbocycles. The number of benzene rings is 2. The molecule has 0 atom stereocenters. The summed E-state index contributed by atoms with van der Waals surface area (Å²) < 4.78 is 5.23. The minimum atomic E-state index is 0.363. The maximum absolute atomic E-state index is 9.41. The van der Waals surface area contributed by atoms with Crippen LogP contribution in [0.1, 0.15) is 11.3 Å². The first-order valence-electron chi connectivity index (χ1n) is 8.69. The fraction of sp³-hybridized carbons (Fsp3) is 0.0952. The molecule has 3 N–H and O–H groups in total. The van der Waals surface area contributed by atoms with Crippen molar-refractivity contribution in [2.24, 2.45) is 0 Å². The van der Waals surface area contributed by atoms with E-state index < -0.39 is 0 Å². The van der Waals surface area contributed by atoms with Gasteiger partial charge >= 0.3 is 0 Å². The number of aryl methyl sites for hydroxylation is 1. The predicted octanol–water partition coefficient (Wildman–Crippen LogP) is 4.63. The van der Waals surface area contributed by atoms with Crippen LogP contribution in [0.2, 0.25) is 0 Å². The Labute approximate surface area is 162 Å². The molecule has 4 rings (SSSR count). The van der Waals surface area contributed by atoms with E-state index in [0.29, 0.717) is 17.3 Å². The zero-order chi connectivity index (χ0) is 19.5. The van der Waals surface area contributed by atoms with Crippen LogP contribution in [0.4, 0.5) is 23.1 Å². The van der Waals surface area contributed by atoms with Crippen molar-refractivity contribution < 1.29 is 4.74 Å². The normalized spacial score (nSPS) is 10.5. The summed E-state index contributed by atoms with van der Waals surface area (Å²) in [6.45, 7) is 2.02. The number of anilines is 4. The molecule has 0 fully saturated rings. The van der Waals surface area contributed by atoms with E-state index in [2.05, 4.69) is 37.7 Å². The molecule has 0 amide bonds. The number of hydrogen-bond acceptors (Lipinski definition) is 6. The minimum absolute atomic E-state index is 0.363. The van der Waals surface area contributed by atoms with Crippen LogP contribution in [0.25, 0.3) is 10.9 Å². The smallest absolute Gasteiger partial charge is 0.229 e. The summed E-state index contributed by atoms with van der Waals surface area (Å²) in [7, 11) is 1.61. The van der Waals surface area contributed by atoms with Gasteiger partial charge in [-0.1, -0.05) is 6.07 Å². The van der Waals surface area contributed by atoms with E-state index in [1.165, 1.54) is 6.20 Å². The van der Waals surface area contributed by atoms with E-state index in [-0.39, 0.29) is 0 Å². The third-order valence-corrected chi connectivity index (χ3v) is 4.25. The molecule has 0 aliphatic carbocycles. The standard InChI is InChI=1S/C21H18N6O/c1-13-8-14-9-17(6-7-19(14)24-13)25-20-15(11-22)12-23-21(27-20)26-16-4-3-5-18(10-16)28-2/h3-10,12,24H,1-2H3,(H2,23,25,26,27). The first kappa shape index (κ1) is 17.4. The van der Waals surface area contributed by atoms with Gasteiger partial charge in [-0.3, -0.25) is 0 Å². The lowest BCUT2D eigenvalue weighted by Gasteiger charge is -2.11. The minimum Gasteiger partial charge on any atom is -0.497 e. The molecule has 28 heavy (non-hydrogen) atoms. The van der Waals surface area contributed by atoms with Crippen LogP contribution in [0.5, 0.6) is 5.75 Å². The Hall–Kier alpha value is -4.05. The lowest BCUT2D eigenvalue weighted by molar-refractivity contribution is 0.415. The van der Waals surface area contributed by atoms with Crippen LogP contribution in [-0.2, 0) is 0 Å². The predicted molar refractivity (Wildman–Crippen MR) is 109 cm³/mol. The first-order chi connectivity index (χ1) is 13.6. The third kappa shape index (κ3) is 3.57. The summed E-state index contributed by atoms with van der Waals surface area (Å²) >= 11 is 0. The number of fused-ring (bicyclic) bond motifs is 1. The van der Waals surface area contributed by atoms with Crippen LogP contribution in [0.15, 0.2) is 54.7 Å². The lowest BCUT2D eigenvalue weighted by atomic mass is 10.2. The number of ether oxygens (including phenoxy) is 1. The number of aromatic amines is 1. The highest BCUT2D eigenvalue weighted by Crippen LogP contribution is 2.25. The monoisotopic (exact) mass is 370 g/mol. The molecule has 0 aliphatic rings. The molecule has 0 spiro atoms. The van der Waals surface area contributed by atoms with Crippen LogP contribution in [0.3, 0.4) is 0 Å². The van der Waals surface area contributed by atoms with Gasteiger partial charge in [0.15, 0.2) is 5.82 Å². The number of nitrogens with one attached hydrogen (secondary N) is 3. The SMILES string of the molecule is COc1cccc(Nc2ncc(C#N)c(Nc3ccc4[nH]c(C)cc4c3)n2)c1. The Kier molecular flexibility index (Phi) is 4.52. The van der Waals surface area contributed by atoms with Gasteiger partial charge in [0.1, 0.15) is 17.4 Å². The Balaban J connectivity index is 1.63. The van der Waals surface area contributed by atoms with Crippen LogP contribution in [0, 0.1) is 18.3 Å². The van der Waals surface area contributed by atoms with Crippen molar-refractivity contribution in [3.63, 3.8) is 0 Å². The molecule has 0 unspecified atom stereocenters. The molecule has 0 saturated heterocycles. The average molecular weight is 370 g/mol. The van der Waals surface area contributed by atoms with Crippen LogP contribution in [-0.4, -0.2) is 22.1 Å². The summed E-state index contributed by atoms with van der Waals surface area (Å²) in [6, 6.07) is 17.6. The summed E-state index contributed by atoms with van der Waals surface area (Å²) in [6.07, 6.45) is 1.50. The Bertz CT molecular complexity index is 1190. The quantitative estimate of drug-likeness (QED) is 0.474. The molecule has 2 aromatic heterocycles. The van der Waals surface area contributed by atoms with E-state index in [1.54, 1.807) is 7.11 Å². The van der Waals surface area contributed by atoms with Crippen LogP contribution >= 0.6 is 0 Å². The van der Waals surface area contributed by atoms with Gasteiger partial charge in [-0.2, -0.15) is 10.2 Å². The van der Waals surface area contributed by atoms with Crippen molar-refractivity contribution >= 4 is 34.0 Å². The molecule has 7 nitrogen and oxygen atoms in total. The van der Waals surface area contributed by atoms with E-state index in [9.17, 15) is 5.26 Å². The molecular formula is C21H18N6O. The van der Waals surface area contributed by atoms with Crippen LogP contribution < -0.4 is 15.4 Å². The molecule has 2 aromatic carbocycles. The number of hydrogen-bond donors (Lipinski definition) is 3. The number of aromatic nitrogens is 3. The molecule has 0 radical (unpaired) electrons. The van der Waals surface area contributed by atoms with Crippen molar-refractivity contribution in [3.8, 4) is 11.8 Å². The van der Waals surface area contributed by atoms with Crippen molar-refractivity contribution in [1.82, 2.24) is 15.0 Å². The molecule has 0 aliphatic heterocycles. The zero-order valence-corrected chi connectivity index (χ0v) is 15.4. The average Bonchev–Trinajstić information content (AvgIpc) is 3.08. The molecule has 4 aromatic rings. The second-order valence-corrected chi connectivity index (χ2v) is 6.30. The Morgan fingerprint density at radius 1 is 1.07 bits per heavy atom.